The Balaban J connectivity index is 3.76. The zero-order valence-electron chi connectivity index (χ0n) is 6.10. The van der Waals surface area contributed by atoms with E-state index in [9.17, 15) is 5.21 Å². The van der Waals surface area contributed by atoms with Crippen LogP contribution in [-0.2, 0) is 4.84 Å². The Morgan fingerprint density at radius 1 is 1.82 bits per heavy atom. The van der Waals surface area contributed by atoms with Crippen LogP contribution < -0.4 is 5.73 Å². The average Bonchev–Trinajstić information content (AvgIpc) is 2.00. The summed E-state index contributed by atoms with van der Waals surface area (Å²) in [5.74, 6) is -0.219. The summed E-state index contributed by atoms with van der Waals surface area (Å²) in [4.78, 5) is 4.57. The predicted octanol–water partition coefficient (Wildman–Crippen LogP) is -0.353. The van der Waals surface area contributed by atoms with Crippen molar-refractivity contribution in [1.82, 2.24) is 0 Å². The number of nitrogens with zero attached hydrogens (tertiary/aromatic N) is 3. The zero-order valence-corrected chi connectivity index (χ0v) is 6.10. The van der Waals surface area contributed by atoms with Crippen molar-refractivity contribution in [3.05, 3.63) is 5.21 Å². The van der Waals surface area contributed by atoms with Crippen LogP contribution in [0, 0.1) is 5.21 Å². The molecule has 7 nitrogen and oxygen atoms in total. The smallest absolute Gasteiger partial charge is 0.243 e. The van der Waals surface area contributed by atoms with Gasteiger partial charge in [0.15, 0.2) is 5.28 Å². The van der Waals surface area contributed by atoms with Gasteiger partial charge in [-0.05, 0) is 11.8 Å². The molecule has 64 valence electrons. The topological polar surface area (TPSA) is 106 Å². The Morgan fingerprint density at radius 2 is 2.45 bits per heavy atom. The fraction of sp³-hybridized carbons (Fsp3) is 0.750. The van der Waals surface area contributed by atoms with Crippen LogP contribution in [0.25, 0.3) is 0 Å². The van der Waals surface area contributed by atoms with Crippen molar-refractivity contribution in [2.24, 2.45) is 16.2 Å². The molecule has 0 amide bonds. The first-order valence-corrected chi connectivity index (χ1v) is 2.94. The highest BCUT2D eigenvalue weighted by atomic mass is 16.7. The second-order valence-corrected chi connectivity index (χ2v) is 1.60. The lowest BCUT2D eigenvalue weighted by atomic mass is 10.6. The van der Waals surface area contributed by atoms with E-state index in [2.05, 4.69) is 15.3 Å². The Hall–Kier alpha value is -1.53. The minimum atomic E-state index is -0.309. The summed E-state index contributed by atoms with van der Waals surface area (Å²) in [5, 5.41) is 24.2. The molecule has 0 aliphatic rings. The third-order valence-electron chi connectivity index (χ3n) is 0.704. The van der Waals surface area contributed by atoms with Crippen LogP contribution in [0.5, 0.6) is 0 Å². The Kier molecular flexibility index (Phi) is 4.54. The molecule has 0 radical (unpaired) electrons. The third-order valence-corrected chi connectivity index (χ3v) is 0.704. The fourth-order valence-electron chi connectivity index (χ4n) is 0.321. The van der Waals surface area contributed by atoms with E-state index in [0.717, 1.165) is 0 Å². The summed E-state index contributed by atoms with van der Waals surface area (Å²) in [7, 11) is 0. The van der Waals surface area contributed by atoms with Gasteiger partial charge in [0, 0.05) is 0 Å². The maximum Gasteiger partial charge on any atom is 0.243 e. The quantitative estimate of drug-likeness (QED) is 0.147. The van der Waals surface area contributed by atoms with Crippen LogP contribution in [0.4, 0.5) is 0 Å². The number of hydrogen-bond acceptors (Lipinski definition) is 5. The molecule has 0 saturated carbocycles. The first-order chi connectivity index (χ1) is 5.20. The van der Waals surface area contributed by atoms with Gasteiger partial charge >= 0.3 is 0 Å². The van der Waals surface area contributed by atoms with E-state index in [1.54, 1.807) is 6.92 Å². The van der Waals surface area contributed by atoms with E-state index in [1.807, 2.05) is 0 Å². The molecule has 0 unspecified atom stereocenters. The van der Waals surface area contributed by atoms with Crippen molar-refractivity contribution >= 4 is 5.84 Å². The van der Waals surface area contributed by atoms with Crippen molar-refractivity contribution in [2.45, 2.75) is 6.92 Å². The van der Waals surface area contributed by atoms with Crippen LogP contribution in [0.15, 0.2) is 10.4 Å². The van der Waals surface area contributed by atoms with Crippen LogP contribution in [0.1, 0.15) is 6.92 Å². The van der Waals surface area contributed by atoms with E-state index in [1.165, 1.54) is 0 Å². The molecule has 0 aliphatic carbocycles. The average molecular weight is 162 g/mol. The molecule has 0 spiro atoms. The van der Waals surface area contributed by atoms with E-state index in [4.69, 9.17) is 10.9 Å². The summed E-state index contributed by atoms with van der Waals surface area (Å²) in [5.41, 5.74) is 4.99. The largest absolute Gasteiger partial charge is 0.597 e. The van der Waals surface area contributed by atoms with Crippen molar-refractivity contribution in [3.8, 4) is 0 Å². The molecule has 0 bridgehead atoms. The number of rotatable bonds is 4. The molecule has 0 saturated heterocycles. The van der Waals surface area contributed by atoms with Crippen LogP contribution in [0.2, 0.25) is 0 Å². The SMILES string of the molecule is CCON=[N+]([O-])C/C(N)=N/O. The predicted molar refractivity (Wildman–Crippen MR) is 36.0 cm³/mol. The van der Waals surface area contributed by atoms with Gasteiger partial charge in [0.05, 0.1) is 0 Å². The van der Waals surface area contributed by atoms with Gasteiger partial charge in [0.2, 0.25) is 12.4 Å². The van der Waals surface area contributed by atoms with Crippen LogP contribution >= 0.6 is 0 Å². The number of nitrogens with two attached hydrogens (primary N) is 1. The highest BCUT2D eigenvalue weighted by Gasteiger charge is 2.00. The first kappa shape index (κ1) is 9.47. The van der Waals surface area contributed by atoms with E-state index in [-0.39, 0.29) is 17.2 Å². The van der Waals surface area contributed by atoms with Crippen molar-refractivity contribution in [3.63, 3.8) is 0 Å². The van der Waals surface area contributed by atoms with Gasteiger partial charge in [-0.1, -0.05) is 5.16 Å². The molecule has 0 heterocycles. The second kappa shape index (κ2) is 5.27. The number of hydroxylamine groups is 1. The molecule has 0 fully saturated rings. The lowest BCUT2D eigenvalue weighted by molar-refractivity contribution is -0.545. The Morgan fingerprint density at radius 3 is 2.91 bits per heavy atom. The van der Waals surface area contributed by atoms with E-state index in [0.29, 0.717) is 6.61 Å². The molecule has 3 N–H and O–H groups in total. The molecule has 0 aromatic heterocycles. The van der Waals surface area contributed by atoms with Gasteiger partial charge < -0.3 is 21.0 Å². The molecule has 0 aromatic rings. The number of amidine groups is 1. The van der Waals surface area contributed by atoms with Crippen molar-refractivity contribution in [2.75, 3.05) is 13.2 Å². The fourth-order valence-corrected chi connectivity index (χ4v) is 0.321. The lowest BCUT2D eigenvalue weighted by Crippen LogP contribution is -2.23. The van der Waals surface area contributed by atoms with Crippen LogP contribution in [-0.4, -0.2) is 29.1 Å². The molecule has 7 heteroatoms. The van der Waals surface area contributed by atoms with Gasteiger partial charge in [-0.2, -0.15) is 0 Å². The second-order valence-electron chi connectivity index (χ2n) is 1.60. The monoisotopic (exact) mass is 162 g/mol. The standard InChI is InChI=1S/C4H10N4O3/c1-2-11-7-8(10)3-4(5)6-9/h9H,2-3H2,1H3,(H2,5,6). The molecular weight excluding hydrogens is 152 g/mol. The first-order valence-electron chi connectivity index (χ1n) is 2.94. The maximum absolute atomic E-state index is 10.5. The van der Waals surface area contributed by atoms with Gasteiger partial charge in [-0.25, -0.2) is 0 Å². The van der Waals surface area contributed by atoms with Gasteiger partial charge in [0.1, 0.15) is 6.61 Å². The molecular formula is C4H10N4O3. The summed E-state index contributed by atoms with van der Waals surface area (Å²) >= 11 is 0. The highest BCUT2D eigenvalue weighted by molar-refractivity contribution is 5.80. The van der Waals surface area contributed by atoms with E-state index >= 15 is 0 Å². The summed E-state index contributed by atoms with van der Waals surface area (Å²) in [6.45, 7) is 1.67. The van der Waals surface area contributed by atoms with Crippen LogP contribution in [0.3, 0.4) is 0 Å². The number of hydrogen-bond donors (Lipinski definition) is 2. The summed E-state index contributed by atoms with van der Waals surface area (Å²) in [6.07, 6.45) is 0. The summed E-state index contributed by atoms with van der Waals surface area (Å²) in [6, 6.07) is 0. The summed E-state index contributed by atoms with van der Waals surface area (Å²) < 4.78 is 0. The van der Waals surface area contributed by atoms with Crippen molar-refractivity contribution in [1.29, 1.82) is 0 Å². The molecule has 0 rings (SSSR count). The lowest BCUT2D eigenvalue weighted by Gasteiger charge is -1.96. The van der Waals surface area contributed by atoms with Gasteiger partial charge in [0.25, 0.3) is 0 Å². The van der Waals surface area contributed by atoms with E-state index < -0.39 is 0 Å². The Labute approximate surface area is 63.3 Å². The van der Waals surface area contributed by atoms with Gasteiger partial charge in [-0.3, -0.25) is 0 Å². The third kappa shape index (κ3) is 4.94. The molecule has 0 aliphatic heterocycles. The normalized spacial score (nSPS) is 13.2. The highest BCUT2D eigenvalue weighted by Crippen LogP contribution is 1.79. The Bertz CT molecular complexity index is 167. The van der Waals surface area contributed by atoms with Gasteiger partial charge in [-0.15, -0.1) is 0 Å². The molecule has 0 atom stereocenters. The minimum Gasteiger partial charge on any atom is -0.597 e. The molecule has 11 heavy (non-hydrogen) atoms. The van der Waals surface area contributed by atoms with Crippen molar-refractivity contribution < 1.29 is 14.9 Å². The zero-order chi connectivity index (χ0) is 8.69. The minimum absolute atomic E-state index is 0.179. The molecule has 0 aromatic carbocycles. The number of oxime groups is 1. The maximum atomic E-state index is 10.5.